The van der Waals surface area contributed by atoms with Crippen molar-refractivity contribution in [3.05, 3.63) is 41.4 Å². The van der Waals surface area contributed by atoms with E-state index in [0.717, 1.165) is 41.5 Å². The molecule has 0 radical (unpaired) electrons. The molecule has 2 fully saturated rings. The molecule has 3 heterocycles. The minimum atomic E-state index is -0.492. The van der Waals surface area contributed by atoms with Gasteiger partial charge >= 0.3 is 0 Å². The van der Waals surface area contributed by atoms with E-state index in [1.807, 2.05) is 18.7 Å². The Labute approximate surface area is 169 Å². The van der Waals surface area contributed by atoms with Crippen molar-refractivity contribution in [2.24, 2.45) is 11.7 Å². The number of piperidine rings is 1. The second-order valence-corrected chi connectivity index (χ2v) is 8.24. The molecule has 6 nitrogen and oxygen atoms in total. The number of rotatable bonds is 4. The number of anilines is 1. The Balaban J connectivity index is 1.79. The highest BCUT2D eigenvalue weighted by atomic mass is 19.1. The van der Waals surface area contributed by atoms with Gasteiger partial charge in [0, 0.05) is 30.7 Å². The molecule has 2 aliphatic heterocycles. The van der Waals surface area contributed by atoms with Gasteiger partial charge < -0.3 is 20.5 Å². The summed E-state index contributed by atoms with van der Waals surface area (Å²) in [4.78, 5) is 31.0. The third-order valence-corrected chi connectivity index (χ3v) is 6.50. The summed E-state index contributed by atoms with van der Waals surface area (Å²) in [6, 6.07) is 1.49. The van der Waals surface area contributed by atoms with Gasteiger partial charge in [0.25, 0.3) is 0 Å². The van der Waals surface area contributed by atoms with Crippen LogP contribution in [-0.2, 0) is 16.0 Å². The first-order chi connectivity index (χ1) is 13.8. The van der Waals surface area contributed by atoms with Gasteiger partial charge in [-0.05, 0) is 55.9 Å². The van der Waals surface area contributed by atoms with Gasteiger partial charge in [0.15, 0.2) is 0 Å². The minimum absolute atomic E-state index is 0.0139. The molecular weight excluding hydrogens is 371 g/mol. The lowest BCUT2D eigenvalue weighted by Crippen LogP contribution is -2.47. The molecule has 2 aromatic rings. The van der Waals surface area contributed by atoms with Crippen molar-refractivity contribution in [2.45, 2.75) is 39.2 Å². The van der Waals surface area contributed by atoms with E-state index in [4.69, 9.17) is 5.73 Å². The second kappa shape index (κ2) is 7.21. The molecule has 1 aromatic carbocycles. The molecule has 29 heavy (non-hydrogen) atoms. The second-order valence-electron chi connectivity index (χ2n) is 8.24. The van der Waals surface area contributed by atoms with Crippen LogP contribution in [0, 0.1) is 25.6 Å². The van der Waals surface area contributed by atoms with E-state index in [2.05, 4.69) is 16.5 Å². The number of hydrogen-bond acceptors (Lipinski definition) is 3. The van der Waals surface area contributed by atoms with Gasteiger partial charge in [0.05, 0.1) is 23.7 Å². The summed E-state index contributed by atoms with van der Waals surface area (Å²) >= 11 is 0. The molecule has 0 bridgehead atoms. The SMILES string of the molecule is C=CC(=O)N1CCC[C@@H]2CN(c3c(F)cc(CC(N)=O)c4[nH]c(C)c(C)c34)C[C@@H]21. The smallest absolute Gasteiger partial charge is 0.246 e. The molecule has 0 unspecified atom stereocenters. The Kier molecular flexibility index (Phi) is 4.84. The normalized spacial score (nSPS) is 21.5. The summed E-state index contributed by atoms with van der Waals surface area (Å²) in [6.45, 7) is 9.54. The van der Waals surface area contributed by atoms with Crippen molar-refractivity contribution in [1.29, 1.82) is 0 Å². The van der Waals surface area contributed by atoms with Crippen LogP contribution in [0.1, 0.15) is 29.7 Å². The number of aromatic nitrogens is 1. The zero-order valence-corrected chi connectivity index (χ0v) is 16.9. The zero-order valence-electron chi connectivity index (χ0n) is 16.9. The van der Waals surface area contributed by atoms with Crippen molar-refractivity contribution in [2.75, 3.05) is 24.5 Å². The maximum atomic E-state index is 15.4. The summed E-state index contributed by atoms with van der Waals surface area (Å²) < 4.78 is 15.4. The van der Waals surface area contributed by atoms with Crippen LogP contribution in [0.2, 0.25) is 0 Å². The average Bonchev–Trinajstić information content (AvgIpc) is 3.23. The Morgan fingerprint density at radius 2 is 2.14 bits per heavy atom. The molecule has 0 saturated carbocycles. The number of aromatic amines is 1. The largest absolute Gasteiger partial charge is 0.369 e. The standard InChI is InChI=1S/C22H27FN4O2/c1-4-19(29)27-7-5-6-14-10-26(11-17(14)27)22-16(23)8-15(9-18(24)28)21-20(22)12(2)13(3)25-21/h4,8,14,17,25H,1,5-7,9-11H2,2-3H3,(H2,24,28)/t14-,17+/m1/s1. The lowest BCUT2D eigenvalue weighted by molar-refractivity contribution is -0.130. The predicted octanol–water partition coefficient (Wildman–Crippen LogP) is 2.56. The lowest BCUT2D eigenvalue weighted by atomic mass is 9.92. The van der Waals surface area contributed by atoms with Crippen LogP contribution in [-0.4, -0.2) is 47.4 Å². The van der Waals surface area contributed by atoms with E-state index in [-0.39, 0.29) is 24.2 Å². The van der Waals surface area contributed by atoms with Crippen molar-refractivity contribution in [1.82, 2.24) is 9.88 Å². The fourth-order valence-electron chi connectivity index (χ4n) is 5.06. The number of amides is 2. The maximum Gasteiger partial charge on any atom is 0.246 e. The molecule has 3 N–H and O–H groups in total. The molecule has 7 heteroatoms. The first-order valence-corrected chi connectivity index (χ1v) is 10.1. The number of nitrogens with one attached hydrogen (secondary N) is 1. The van der Waals surface area contributed by atoms with Crippen LogP contribution >= 0.6 is 0 Å². The van der Waals surface area contributed by atoms with Crippen LogP contribution in [0.5, 0.6) is 0 Å². The number of likely N-dealkylation sites (tertiary alicyclic amines) is 1. The summed E-state index contributed by atoms with van der Waals surface area (Å²) in [5, 5.41) is 0.805. The molecule has 1 aromatic heterocycles. The molecule has 2 amide bonds. The topological polar surface area (TPSA) is 82.4 Å². The van der Waals surface area contributed by atoms with E-state index in [1.165, 1.54) is 12.1 Å². The monoisotopic (exact) mass is 398 g/mol. The van der Waals surface area contributed by atoms with Crippen molar-refractivity contribution < 1.29 is 14.0 Å². The molecule has 0 spiro atoms. The molecule has 2 saturated heterocycles. The number of primary amides is 1. The van der Waals surface area contributed by atoms with Gasteiger partial charge in [-0.25, -0.2) is 4.39 Å². The van der Waals surface area contributed by atoms with Crippen LogP contribution in [0.3, 0.4) is 0 Å². The van der Waals surface area contributed by atoms with Crippen LogP contribution in [0.15, 0.2) is 18.7 Å². The highest BCUT2D eigenvalue weighted by Crippen LogP contribution is 2.41. The van der Waals surface area contributed by atoms with Crippen molar-refractivity contribution in [3.63, 3.8) is 0 Å². The number of H-pyrrole nitrogens is 1. The highest BCUT2D eigenvalue weighted by molar-refractivity contribution is 6.00. The van der Waals surface area contributed by atoms with E-state index in [9.17, 15) is 9.59 Å². The number of aryl methyl sites for hydroxylation is 2. The van der Waals surface area contributed by atoms with Crippen LogP contribution in [0.4, 0.5) is 10.1 Å². The summed E-state index contributed by atoms with van der Waals surface area (Å²) in [5.74, 6) is -0.587. The van der Waals surface area contributed by atoms with Gasteiger partial charge in [-0.2, -0.15) is 0 Å². The number of halogens is 1. The lowest BCUT2D eigenvalue weighted by Gasteiger charge is -2.36. The van der Waals surface area contributed by atoms with Crippen molar-refractivity contribution >= 4 is 28.4 Å². The van der Waals surface area contributed by atoms with Crippen molar-refractivity contribution in [3.8, 4) is 0 Å². The summed E-state index contributed by atoms with van der Waals surface area (Å²) in [5.41, 5.74) is 9.18. The Bertz CT molecular complexity index is 1010. The Morgan fingerprint density at radius 1 is 1.38 bits per heavy atom. The average molecular weight is 398 g/mol. The van der Waals surface area contributed by atoms with E-state index < -0.39 is 5.91 Å². The quantitative estimate of drug-likeness (QED) is 0.777. The number of carbonyl (C=O) groups is 2. The fraction of sp³-hybridized carbons (Fsp3) is 0.455. The third kappa shape index (κ3) is 3.18. The molecular formula is C22H27FN4O2. The number of carbonyl (C=O) groups excluding carboxylic acids is 2. The molecule has 0 aliphatic carbocycles. The van der Waals surface area contributed by atoms with E-state index >= 15 is 4.39 Å². The first-order valence-electron chi connectivity index (χ1n) is 10.1. The maximum absolute atomic E-state index is 15.4. The molecule has 2 atom stereocenters. The van der Waals surface area contributed by atoms with Gasteiger partial charge in [0.1, 0.15) is 5.82 Å². The molecule has 2 aliphatic rings. The first kappa shape index (κ1) is 19.5. The molecule has 154 valence electrons. The Hall–Kier alpha value is -2.83. The van der Waals surface area contributed by atoms with E-state index in [0.29, 0.717) is 30.3 Å². The molecule has 4 rings (SSSR count). The summed E-state index contributed by atoms with van der Waals surface area (Å²) in [6.07, 6.45) is 3.33. The van der Waals surface area contributed by atoms with E-state index in [1.54, 1.807) is 0 Å². The number of benzene rings is 1. The fourth-order valence-corrected chi connectivity index (χ4v) is 5.06. The number of fused-ring (bicyclic) bond motifs is 2. The van der Waals surface area contributed by atoms with Gasteiger partial charge in [-0.1, -0.05) is 6.58 Å². The zero-order chi connectivity index (χ0) is 20.9. The Morgan fingerprint density at radius 3 is 2.83 bits per heavy atom. The number of hydrogen-bond donors (Lipinski definition) is 2. The van der Waals surface area contributed by atoms with Gasteiger partial charge in [-0.3, -0.25) is 9.59 Å². The highest BCUT2D eigenvalue weighted by Gasteiger charge is 2.41. The number of nitrogens with two attached hydrogens (primary N) is 1. The summed E-state index contributed by atoms with van der Waals surface area (Å²) in [7, 11) is 0. The predicted molar refractivity (Wildman–Crippen MR) is 111 cm³/mol. The number of nitrogens with zero attached hydrogens (tertiary/aromatic N) is 2. The minimum Gasteiger partial charge on any atom is -0.369 e. The van der Waals surface area contributed by atoms with Crippen LogP contribution < -0.4 is 10.6 Å². The van der Waals surface area contributed by atoms with Crippen LogP contribution in [0.25, 0.3) is 10.9 Å². The van der Waals surface area contributed by atoms with Gasteiger partial charge in [-0.15, -0.1) is 0 Å². The third-order valence-electron chi connectivity index (χ3n) is 6.50. The van der Waals surface area contributed by atoms with Gasteiger partial charge in [0.2, 0.25) is 11.8 Å².